The van der Waals surface area contributed by atoms with Crippen LogP contribution in [0.15, 0.2) is 21.8 Å². The zero-order chi connectivity index (χ0) is 12.1. The summed E-state index contributed by atoms with van der Waals surface area (Å²) < 4.78 is 0.516. The van der Waals surface area contributed by atoms with Crippen molar-refractivity contribution in [2.45, 2.75) is 11.4 Å². The molecule has 1 aromatic rings. The molecule has 1 N–H and O–H groups in total. The molecule has 0 unspecified atom stereocenters. The number of nitro groups is 1. The van der Waals surface area contributed by atoms with Gasteiger partial charge in [-0.15, -0.1) is 0 Å². The molecule has 0 saturated carbocycles. The Bertz CT molecular complexity index is 426. The lowest BCUT2D eigenvalue weighted by atomic mass is 10.4. The summed E-state index contributed by atoms with van der Waals surface area (Å²) in [6.45, 7) is 0. The molecule has 1 rings (SSSR count). The highest BCUT2D eigenvalue weighted by atomic mass is 79.9. The Balaban J connectivity index is 2.78. The quantitative estimate of drug-likeness (QED) is 0.510. The molecule has 0 aromatic carbocycles. The number of carbonyl (C=O) groups is 1. The van der Waals surface area contributed by atoms with Gasteiger partial charge in [0.05, 0.1) is 11.3 Å². The number of thioether (sulfide) groups is 1. The fraction of sp³-hybridized carbons (Fsp3) is 0.250. The molecule has 0 aliphatic heterocycles. The largest absolute Gasteiger partial charge is 0.481 e. The number of carboxylic acid groups (broad SMARTS) is 1. The van der Waals surface area contributed by atoms with Gasteiger partial charge in [-0.25, -0.2) is 4.98 Å². The molecule has 1 aromatic heterocycles. The second kappa shape index (κ2) is 5.80. The molecular weight excluding hydrogens is 300 g/mol. The summed E-state index contributed by atoms with van der Waals surface area (Å²) in [6.07, 6.45) is 1.38. The lowest BCUT2D eigenvalue weighted by molar-refractivity contribution is -0.388. The van der Waals surface area contributed by atoms with Crippen LogP contribution in [0.2, 0.25) is 0 Å². The second-order valence-corrected chi connectivity index (χ2v) is 4.73. The van der Waals surface area contributed by atoms with Crippen LogP contribution in [-0.4, -0.2) is 26.7 Å². The lowest BCUT2D eigenvalue weighted by Gasteiger charge is -2.00. The first-order chi connectivity index (χ1) is 7.50. The van der Waals surface area contributed by atoms with Gasteiger partial charge < -0.3 is 5.11 Å². The lowest BCUT2D eigenvalue weighted by Crippen LogP contribution is -1.98. The predicted molar refractivity (Wildman–Crippen MR) is 61.6 cm³/mol. The van der Waals surface area contributed by atoms with E-state index in [4.69, 9.17) is 5.11 Å². The van der Waals surface area contributed by atoms with E-state index >= 15 is 0 Å². The van der Waals surface area contributed by atoms with Gasteiger partial charge >= 0.3 is 11.7 Å². The molecule has 0 fully saturated rings. The van der Waals surface area contributed by atoms with Gasteiger partial charge in [-0.2, -0.15) is 0 Å². The van der Waals surface area contributed by atoms with E-state index < -0.39 is 10.9 Å². The highest BCUT2D eigenvalue weighted by Crippen LogP contribution is 2.29. The Kier molecular flexibility index (Phi) is 4.69. The summed E-state index contributed by atoms with van der Waals surface area (Å²) in [5.74, 6) is -0.683. The third-order valence-corrected chi connectivity index (χ3v) is 2.98. The molecule has 0 radical (unpaired) electrons. The molecule has 6 nitrogen and oxygen atoms in total. The molecule has 0 amide bonds. The van der Waals surface area contributed by atoms with Crippen molar-refractivity contribution in [1.29, 1.82) is 0 Å². The third kappa shape index (κ3) is 3.78. The molecule has 8 heteroatoms. The molecule has 0 atom stereocenters. The number of carboxylic acids is 1. The van der Waals surface area contributed by atoms with Crippen molar-refractivity contribution in [2.24, 2.45) is 0 Å². The molecule has 86 valence electrons. The number of aliphatic carboxylic acids is 1. The number of hydrogen-bond acceptors (Lipinski definition) is 5. The fourth-order valence-electron chi connectivity index (χ4n) is 0.893. The van der Waals surface area contributed by atoms with Crippen molar-refractivity contribution in [3.05, 3.63) is 26.9 Å². The van der Waals surface area contributed by atoms with E-state index in [0.717, 1.165) is 11.8 Å². The van der Waals surface area contributed by atoms with Crippen LogP contribution in [0.5, 0.6) is 0 Å². The Hall–Kier alpha value is -1.15. The minimum atomic E-state index is -0.938. The number of aromatic nitrogens is 1. The van der Waals surface area contributed by atoms with Crippen LogP contribution in [0.1, 0.15) is 6.42 Å². The SMILES string of the molecule is O=C(O)CCSc1ncc(Br)cc1[N+](=O)[O-]. The highest BCUT2D eigenvalue weighted by molar-refractivity contribution is 9.10. The van der Waals surface area contributed by atoms with E-state index in [1.54, 1.807) is 0 Å². The molecule has 16 heavy (non-hydrogen) atoms. The van der Waals surface area contributed by atoms with Crippen LogP contribution in [0.25, 0.3) is 0 Å². The number of halogens is 1. The standard InChI is InChI=1S/C8H7BrN2O4S/c9-5-3-6(11(14)15)8(10-4-5)16-2-1-7(12)13/h3-4H,1-2H2,(H,12,13). The topological polar surface area (TPSA) is 93.3 Å². The maximum Gasteiger partial charge on any atom is 0.304 e. The molecule has 0 spiro atoms. The summed E-state index contributed by atoms with van der Waals surface area (Å²) >= 11 is 4.14. The predicted octanol–water partition coefficient (Wildman–Crippen LogP) is 2.32. The van der Waals surface area contributed by atoms with Crippen LogP contribution < -0.4 is 0 Å². The highest BCUT2D eigenvalue weighted by Gasteiger charge is 2.16. The van der Waals surface area contributed by atoms with Gasteiger partial charge in [0, 0.05) is 22.5 Å². The monoisotopic (exact) mass is 306 g/mol. The molecule has 1 heterocycles. The number of nitrogens with zero attached hydrogens (tertiary/aromatic N) is 2. The number of rotatable bonds is 5. The van der Waals surface area contributed by atoms with Crippen LogP contribution in [0.3, 0.4) is 0 Å². The Morgan fingerprint density at radius 2 is 2.38 bits per heavy atom. The van der Waals surface area contributed by atoms with Gasteiger partial charge in [-0.05, 0) is 15.9 Å². The van der Waals surface area contributed by atoms with Crippen molar-refractivity contribution < 1.29 is 14.8 Å². The first-order valence-electron chi connectivity index (χ1n) is 4.15. The molecule has 0 aliphatic carbocycles. The van der Waals surface area contributed by atoms with Gasteiger partial charge in [0.15, 0.2) is 5.03 Å². The average molecular weight is 307 g/mol. The van der Waals surface area contributed by atoms with Crippen molar-refractivity contribution in [1.82, 2.24) is 4.98 Å². The maximum absolute atomic E-state index is 10.7. The summed E-state index contributed by atoms with van der Waals surface area (Å²) in [4.78, 5) is 24.3. The van der Waals surface area contributed by atoms with Crippen molar-refractivity contribution >= 4 is 39.3 Å². The smallest absolute Gasteiger partial charge is 0.304 e. The van der Waals surface area contributed by atoms with E-state index in [-0.39, 0.29) is 22.9 Å². The minimum absolute atomic E-state index is 0.0560. The number of pyridine rings is 1. The van der Waals surface area contributed by atoms with Crippen molar-refractivity contribution in [2.75, 3.05) is 5.75 Å². The van der Waals surface area contributed by atoms with E-state index in [2.05, 4.69) is 20.9 Å². The van der Waals surface area contributed by atoms with Crippen molar-refractivity contribution in [3.8, 4) is 0 Å². The Morgan fingerprint density at radius 3 is 2.94 bits per heavy atom. The first kappa shape index (κ1) is 12.9. The van der Waals surface area contributed by atoms with E-state index in [1.165, 1.54) is 12.3 Å². The maximum atomic E-state index is 10.7. The van der Waals surface area contributed by atoms with Crippen LogP contribution in [0.4, 0.5) is 5.69 Å². The van der Waals surface area contributed by atoms with Gasteiger partial charge in [0.25, 0.3) is 0 Å². The van der Waals surface area contributed by atoms with E-state index in [0.29, 0.717) is 4.47 Å². The second-order valence-electron chi connectivity index (χ2n) is 2.73. The Labute approximate surface area is 103 Å². The Morgan fingerprint density at radius 1 is 1.69 bits per heavy atom. The number of hydrogen-bond donors (Lipinski definition) is 1. The molecular formula is C8H7BrN2O4S. The molecule has 0 aliphatic rings. The molecule has 0 saturated heterocycles. The summed E-state index contributed by atoms with van der Waals surface area (Å²) in [5.41, 5.74) is -0.121. The van der Waals surface area contributed by atoms with E-state index in [1.807, 2.05) is 0 Å². The van der Waals surface area contributed by atoms with Gasteiger partial charge in [0.1, 0.15) is 0 Å². The van der Waals surface area contributed by atoms with Crippen LogP contribution in [0, 0.1) is 10.1 Å². The van der Waals surface area contributed by atoms with Crippen LogP contribution >= 0.6 is 27.7 Å². The van der Waals surface area contributed by atoms with Gasteiger partial charge in [-0.3, -0.25) is 14.9 Å². The van der Waals surface area contributed by atoms with Crippen LogP contribution in [-0.2, 0) is 4.79 Å². The first-order valence-corrected chi connectivity index (χ1v) is 5.93. The zero-order valence-corrected chi connectivity index (χ0v) is 10.3. The summed E-state index contributed by atoms with van der Waals surface area (Å²) in [6, 6.07) is 1.34. The molecule has 0 bridgehead atoms. The third-order valence-electron chi connectivity index (χ3n) is 1.55. The van der Waals surface area contributed by atoms with Gasteiger partial charge in [0.2, 0.25) is 0 Å². The average Bonchev–Trinajstić information content (AvgIpc) is 2.19. The van der Waals surface area contributed by atoms with Gasteiger partial charge in [-0.1, -0.05) is 11.8 Å². The zero-order valence-electron chi connectivity index (χ0n) is 7.92. The summed E-state index contributed by atoms with van der Waals surface area (Å²) in [5, 5.41) is 19.4. The minimum Gasteiger partial charge on any atom is -0.481 e. The normalized spacial score (nSPS) is 10.1. The fourth-order valence-corrected chi connectivity index (χ4v) is 2.09. The summed E-state index contributed by atoms with van der Waals surface area (Å²) in [7, 11) is 0. The van der Waals surface area contributed by atoms with E-state index in [9.17, 15) is 14.9 Å². The van der Waals surface area contributed by atoms with Crippen molar-refractivity contribution in [3.63, 3.8) is 0 Å².